The molecule has 1 aromatic heterocycles. The third-order valence-corrected chi connectivity index (χ3v) is 3.33. The van der Waals surface area contributed by atoms with Crippen LogP contribution in [0.3, 0.4) is 0 Å². The number of esters is 1. The predicted molar refractivity (Wildman–Crippen MR) is 99.7 cm³/mol. The molecule has 0 saturated carbocycles. The highest BCUT2D eigenvalue weighted by atomic mass is 16.6. The Bertz CT molecular complexity index is 829. The molecule has 1 N–H and O–H groups in total. The molecule has 28 heavy (non-hydrogen) atoms. The van der Waals surface area contributed by atoms with Crippen molar-refractivity contribution < 1.29 is 33.0 Å². The quantitative estimate of drug-likeness (QED) is 0.398. The summed E-state index contributed by atoms with van der Waals surface area (Å²) in [5, 5.41) is 3.81. The van der Waals surface area contributed by atoms with Crippen molar-refractivity contribution in [2.24, 2.45) is 5.10 Å². The number of nitrogens with zero attached hydrogens (tertiary/aromatic N) is 1. The second-order valence-electron chi connectivity index (χ2n) is 5.28. The fourth-order valence-corrected chi connectivity index (χ4v) is 2.13. The number of rotatable bonds is 9. The van der Waals surface area contributed by atoms with Crippen molar-refractivity contribution >= 4 is 18.3 Å². The van der Waals surface area contributed by atoms with Crippen LogP contribution in [-0.4, -0.2) is 38.6 Å². The molecule has 0 bridgehead atoms. The Morgan fingerprint density at radius 1 is 1.11 bits per heavy atom. The van der Waals surface area contributed by atoms with Crippen molar-refractivity contribution in [3.63, 3.8) is 0 Å². The van der Waals surface area contributed by atoms with E-state index < -0.39 is 12.1 Å². The van der Waals surface area contributed by atoms with Gasteiger partial charge in [0.15, 0.2) is 11.5 Å². The first-order chi connectivity index (χ1) is 13.6. The number of carbonyl (C=O) groups excluding carboxylic acids is 2. The van der Waals surface area contributed by atoms with E-state index in [1.54, 1.807) is 31.2 Å². The van der Waals surface area contributed by atoms with Crippen LogP contribution in [0, 0.1) is 0 Å². The topological polar surface area (TPSA) is 109 Å². The third-order valence-electron chi connectivity index (χ3n) is 3.33. The van der Waals surface area contributed by atoms with E-state index in [1.807, 2.05) is 6.92 Å². The first-order valence-electron chi connectivity index (χ1n) is 8.59. The molecule has 150 valence electrons. The Hall–Kier alpha value is -3.49. The van der Waals surface area contributed by atoms with Gasteiger partial charge in [-0.25, -0.2) is 15.0 Å². The lowest BCUT2D eigenvalue weighted by atomic mass is 10.2. The number of hydrazone groups is 1. The van der Waals surface area contributed by atoms with Gasteiger partial charge in [0.25, 0.3) is 0 Å². The fourth-order valence-electron chi connectivity index (χ4n) is 2.13. The Morgan fingerprint density at radius 3 is 2.64 bits per heavy atom. The average molecular weight is 390 g/mol. The number of furan rings is 1. The van der Waals surface area contributed by atoms with E-state index in [-0.39, 0.29) is 19.0 Å². The molecule has 2 rings (SSSR count). The lowest BCUT2D eigenvalue weighted by molar-refractivity contribution is 0.0560. The molecule has 9 heteroatoms. The van der Waals surface area contributed by atoms with E-state index in [1.165, 1.54) is 19.4 Å². The van der Waals surface area contributed by atoms with Crippen molar-refractivity contribution in [3.05, 3.63) is 47.4 Å². The molecule has 0 aliphatic heterocycles. The molecular weight excluding hydrogens is 368 g/mol. The molecule has 0 aliphatic rings. The molecular formula is C19H22N2O7. The normalized spacial score (nSPS) is 10.5. The minimum Gasteiger partial charge on any atom is -0.490 e. The standard InChI is InChI=1S/C19H22N2O7/c1-4-25-17-10-13(11-20-21-19(23)26-5-2)6-8-15(17)27-12-14-7-9-16(28-14)18(22)24-3/h6-11H,4-5,12H2,1-3H3,(H,21,23)/b20-11-. The summed E-state index contributed by atoms with van der Waals surface area (Å²) in [6, 6.07) is 8.33. The highest BCUT2D eigenvalue weighted by molar-refractivity contribution is 5.86. The predicted octanol–water partition coefficient (Wildman–Crippen LogP) is 3.12. The lowest BCUT2D eigenvalue weighted by Gasteiger charge is -2.11. The Kier molecular flexibility index (Phi) is 7.89. The minimum absolute atomic E-state index is 0.104. The van der Waals surface area contributed by atoms with Gasteiger partial charge in [0, 0.05) is 0 Å². The zero-order valence-electron chi connectivity index (χ0n) is 15.9. The van der Waals surface area contributed by atoms with Crippen LogP contribution in [0.1, 0.15) is 35.7 Å². The summed E-state index contributed by atoms with van der Waals surface area (Å²) in [4.78, 5) is 22.6. The Labute approximate surface area is 162 Å². The zero-order valence-corrected chi connectivity index (χ0v) is 15.9. The van der Waals surface area contributed by atoms with Gasteiger partial charge in [-0.1, -0.05) is 0 Å². The van der Waals surface area contributed by atoms with Gasteiger partial charge in [-0.15, -0.1) is 0 Å². The van der Waals surface area contributed by atoms with E-state index in [2.05, 4.69) is 15.3 Å². The van der Waals surface area contributed by atoms with Gasteiger partial charge in [0.1, 0.15) is 12.4 Å². The summed E-state index contributed by atoms with van der Waals surface area (Å²) < 4.78 is 26.0. The second kappa shape index (κ2) is 10.6. The molecule has 2 aromatic rings. The smallest absolute Gasteiger partial charge is 0.427 e. The van der Waals surface area contributed by atoms with Gasteiger partial charge < -0.3 is 23.4 Å². The maximum absolute atomic E-state index is 11.4. The number of carbonyl (C=O) groups is 2. The first-order valence-corrected chi connectivity index (χ1v) is 8.59. The summed E-state index contributed by atoms with van der Waals surface area (Å²) in [5.74, 6) is 1.01. The SMILES string of the molecule is CCOC(=O)N/N=C\c1ccc(OCc2ccc(C(=O)OC)o2)c(OCC)c1. The molecule has 1 amide bonds. The van der Waals surface area contributed by atoms with Crippen LogP contribution in [0.5, 0.6) is 11.5 Å². The number of ether oxygens (including phenoxy) is 4. The van der Waals surface area contributed by atoms with Gasteiger partial charge in [-0.3, -0.25) is 0 Å². The fraction of sp³-hybridized carbons (Fsp3) is 0.316. The van der Waals surface area contributed by atoms with Crippen LogP contribution < -0.4 is 14.9 Å². The molecule has 0 atom stereocenters. The van der Waals surface area contributed by atoms with Gasteiger partial charge in [0.05, 0.1) is 26.5 Å². The number of nitrogens with one attached hydrogen (secondary N) is 1. The molecule has 0 spiro atoms. The third kappa shape index (κ3) is 6.04. The molecule has 0 aliphatic carbocycles. The molecule has 1 heterocycles. The molecule has 0 radical (unpaired) electrons. The highest BCUT2D eigenvalue weighted by Crippen LogP contribution is 2.29. The number of amides is 1. The van der Waals surface area contributed by atoms with Crippen molar-refractivity contribution in [3.8, 4) is 11.5 Å². The van der Waals surface area contributed by atoms with E-state index in [0.717, 1.165) is 0 Å². The number of methoxy groups -OCH3 is 1. The van der Waals surface area contributed by atoms with E-state index in [9.17, 15) is 9.59 Å². The van der Waals surface area contributed by atoms with Crippen LogP contribution in [0.15, 0.2) is 39.9 Å². The number of hydrogen-bond donors (Lipinski definition) is 1. The maximum atomic E-state index is 11.4. The van der Waals surface area contributed by atoms with Crippen LogP contribution in [0.25, 0.3) is 0 Å². The first kappa shape index (κ1) is 20.8. The average Bonchev–Trinajstić information content (AvgIpc) is 3.16. The van der Waals surface area contributed by atoms with Gasteiger partial charge in [0.2, 0.25) is 5.76 Å². The second-order valence-corrected chi connectivity index (χ2v) is 5.28. The zero-order chi connectivity index (χ0) is 20.4. The van der Waals surface area contributed by atoms with E-state index in [0.29, 0.717) is 29.4 Å². The molecule has 0 fully saturated rings. The Balaban J connectivity index is 2.03. The molecule has 0 unspecified atom stereocenters. The van der Waals surface area contributed by atoms with Crippen LogP contribution in [0.2, 0.25) is 0 Å². The lowest BCUT2D eigenvalue weighted by Crippen LogP contribution is -2.18. The van der Waals surface area contributed by atoms with Crippen LogP contribution in [0.4, 0.5) is 4.79 Å². The van der Waals surface area contributed by atoms with Gasteiger partial charge in [-0.2, -0.15) is 5.10 Å². The Morgan fingerprint density at radius 2 is 1.93 bits per heavy atom. The summed E-state index contributed by atoms with van der Waals surface area (Å²) >= 11 is 0. The largest absolute Gasteiger partial charge is 0.490 e. The molecule has 0 saturated heterocycles. The van der Waals surface area contributed by atoms with Crippen molar-refractivity contribution in [2.45, 2.75) is 20.5 Å². The van der Waals surface area contributed by atoms with Crippen LogP contribution >= 0.6 is 0 Å². The van der Waals surface area contributed by atoms with Crippen LogP contribution in [-0.2, 0) is 16.1 Å². The molecule has 9 nitrogen and oxygen atoms in total. The van der Waals surface area contributed by atoms with Crippen molar-refractivity contribution in [2.75, 3.05) is 20.3 Å². The monoisotopic (exact) mass is 390 g/mol. The summed E-state index contributed by atoms with van der Waals surface area (Å²) in [5.41, 5.74) is 2.94. The van der Waals surface area contributed by atoms with Crippen molar-refractivity contribution in [1.82, 2.24) is 5.43 Å². The summed E-state index contributed by atoms with van der Waals surface area (Å²) in [6.45, 7) is 4.36. The number of benzene rings is 1. The van der Waals surface area contributed by atoms with Gasteiger partial charge in [-0.05, 0) is 49.7 Å². The van der Waals surface area contributed by atoms with E-state index >= 15 is 0 Å². The maximum Gasteiger partial charge on any atom is 0.427 e. The highest BCUT2D eigenvalue weighted by Gasteiger charge is 2.12. The summed E-state index contributed by atoms with van der Waals surface area (Å²) in [7, 11) is 1.28. The van der Waals surface area contributed by atoms with E-state index in [4.69, 9.17) is 18.6 Å². The van der Waals surface area contributed by atoms with Gasteiger partial charge >= 0.3 is 12.1 Å². The summed E-state index contributed by atoms with van der Waals surface area (Å²) in [6.07, 6.45) is 0.826. The number of hydrogen-bond acceptors (Lipinski definition) is 8. The molecule has 1 aromatic carbocycles. The minimum atomic E-state index is -0.631. The van der Waals surface area contributed by atoms with Crippen molar-refractivity contribution in [1.29, 1.82) is 0 Å².